The molecule has 2 aromatic carbocycles. The number of hydrogen-bond donors (Lipinski definition) is 2. The Morgan fingerprint density at radius 2 is 0.683 bits per heavy atom. The molecule has 2 nitrogen and oxygen atoms in total. The molecule has 0 fully saturated rings. The number of rotatable bonds is 4. The van der Waals surface area contributed by atoms with Crippen molar-refractivity contribution in [3.8, 4) is 22.5 Å². The molecule has 0 radical (unpaired) electrons. The van der Waals surface area contributed by atoms with Crippen LogP contribution in [0.5, 0.6) is 0 Å². The molecule has 14 heteroatoms. The lowest BCUT2D eigenvalue weighted by Crippen LogP contribution is -2.20. The first-order valence-corrected chi connectivity index (χ1v) is 11.6. The first-order valence-electron chi connectivity index (χ1n) is 11.6. The van der Waals surface area contributed by atoms with Crippen molar-refractivity contribution in [3.63, 3.8) is 0 Å². The van der Waals surface area contributed by atoms with Gasteiger partial charge in [-0.05, 0) is 85.6 Å². The molecule has 0 saturated heterocycles. The Kier molecular flexibility index (Phi) is 7.07. The maximum Gasteiger partial charge on any atom is 0.416 e. The van der Waals surface area contributed by atoms with Crippen LogP contribution in [-0.4, -0.2) is 9.97 Å². The molecular weight excluding hydrogens is 580 g/mol. The highest BCUT2D eigenvalue weighted by Crippen LogP contribution is 2.41. The topological polar surface area (TPSA) is 31.6 Å². The molecule has 0 aliphatic heterocycles. The van der Waals surface area contributed by atoms with Crippen LogP contribution in [0.3, 0.4) is 0 Å². The molecule has 0 atom stereocenters. The molecule has 41 heavy (non-hydrogen) atoms. The number of alkyl halides is 12. The van der Waals surface area contributed by atoms with Crippen LogP contribution < -0.4 is 0 Å². The van der Waals surface area contributed by atoms with Gasteiger partial charge >= 0.3 is 24.7 Å². The van der Waals surface area contributed by atoms with Gasteiger partial charge in [-0.3, -0.25) is 0 Å². The fraction of sp³-hybridized carbons (Fsp3) is 0.259. The zero-order chi connectivity index (χ0) is 30.8. The Morgan fingerprint density at radius 3 is 0.927 bits per heavy atom. The number of H-pyrrole nitrogens is 2. The highest BCUT2D eigenvalue weighted by atomic mass is 19.4. The molecule has 2 heterocycles. The van der Waals surface area contributed by atoms with Crippen molar-refractivity contribution in [2.75, 3.05) is 0 Å². The highest BCUT2D eigenvalue weighted by molar-refractivity contribution is 5.65. The van der Waals surface area contributed by atoms with E-state index in [0.29, 0.717) is 24.3 Å². The summed E-state index contributed by atoms with van der Waals surface area (Å²) in [7, 11) is 0. The molecule has 0 aliphatic carbocycles. The number of benzene rings is 2. The lowest BCUT2D eigenvalue weighted by Gasteiger charge is -2.23. The maximum atomic E-state index is 13.3. The van der Waals surface area contributed by atoms with E-state index in [1.54, 1.807) is 13.8 Å². The molecule has 0 saturated carbocycles. The number of halogens is 12. The Labute approximate surface area is 224 Å². The second-order valence-electron chi connectivity index (χ2n) is 9.79. The van der Waals surface area contributed by atoms with Crippen molar-refractivity contribution in [2.45, 2.75) is 44.0 Å². The van der Waals surface area contributed by atoms with E-state index in [4.69, 9.17) is 0 Å². The molecule has 2 N–H and O–H groups in total. The summed E-state index contributed by atoms with van der Waals surface area (Å²) in [6.45, 7) is 3.16. The van der Waals surface area contributed by atoms with E-state index in [-0.39, 0.29) is 34.9 Å². The molecule has 0 unspecified atom stereocenters. The van der Waals surface area contributed by atoms with Crippen molar-refractivity contribution in [1.82, 2.24) is 9.97 Å². The minimum absolute atomic E-state index is 0.00424. The van der Waals surface area contributed by atoms with Crippen molar-refractivity contribution in [2.24, 2.45) is 0 Å². The van der Waals surface area contributed by atoms with Gasteiger partial charge in [-0.15, -0.1) is 0 Å². The molecule has 0 bridgehead atoms. The third-order valence-corrected chi connectivity index (χ3v) is 6.52. The molecule has 4 rings (SSSR count). The lowest BCUT2D eigenvalue weighted by atomic mass is 9.86. The normalized spacial score (nSPS) is 13.6. The van der Waals surface area contributed by atoms with Gasteiger partial charge in [0.1, 0.15) is 0 Å². The fourth-order valence-corrected chi connectivity index (χ4v) is 4.22. The van der Waals surface area contributed by atoms with E-state index in [0.717, 1.165) is 0 Å². The van der Waals surface area contributed by atoms with Crippen molar-refractivity contribution in [3.05, 3.63) is 94.3 Å². The summed E-state index contributed by atoms with van der Waals surface area (Å²) in [5.74, 6) is 0. The first-order chi connectivity index (χ1) is 18.6. The summed E-state index contributed by atoms with van der Waals surface area (Å²) in [4.78, 5) is 5.56. The van der Waals surface area contributed by atoms with Crippen LogP contribution in [0.1, 0.15) is 47.5 Å². The molecule has 0 amide bonds. The molecule has 0 aliphatic rings. The third kappa shape index (κ3) is 6.25. The SMILES string of the molecule is CC(C)(c1ccc(-c2cc(C(F)(F)F)cc(C(F)(F)F)c2)[nH]1)c1ccc(-c2cc(C(F)(F)F)cc(C(F)(F)F)c2)[nH]1. The Bertz CT molecular complexity index is 1380. The number of aromatic nitrogens is 2. The zero-order valence-electron chi connectivity index (χ0n) is 20.8. The number of hydrogen-bond acceptors (Lipinski definition) is 0. The van der Waals surface area contributed by atoms with Crippen LogP contribution >= 0.6 is 0 Å². The van der Waals surface area contributed by atoms with Crippen LogP contribution in [0, 0.1) is 0 Å². The minimum Gasteiger partial charge on any atom is -0.358 e. The van der Waals surface area contributed by atoms with Crippen LogP contribution in [0.2, 0.25) is 0 Å². The Hall–Kier alpha value is -3.84. The summed E-state index contributed by atoms with van der Waals surface area (Å²) in [5.41, 5.74) is -7.52. The van der Waals surface area contributed by atoms with E-state index >= 15 is 0 Å². The van der Waals surface area contributed by atoms with Crippen molar-refractivity contribution in [1.29, 1.82) is 0 Å². The van der Waals surface area contributed by atoms with E-state index < -0.39 is 63.5 Å². The number of nitrogens with one attached hydrogen (secondary N) is 2. The lowest BCUT2D eigenvalue weighted by molar-refractivity contribution is -0.144. The zero-order valence-corrected chi connectivity index (χ0v) is 20.8. The number of aromatic amines is 2. The monoisotopic (exact) mass is 598 g/mol. The molecule has 4 aromatic rings. The van der Waals surface area contributed by atoms with Gasteiger partial charge in [-0.25, -0.2) is 0 Å². The minimum atomic E-state index is -5.05. The van der Waals surface area contributed by atoms with Gasteiger partial charge < -0.3 is 9.97 Å². The van der Waals surface area contributed by atoms with Gasteiger partial charge in [0.25, 0.3) is 0 Å². The van der Waals surface area contributed by atoms with E-state index in [1.165, 1.54) is 24.3 Å². The fourth-order valence-electron chi connectivity index (χ4n) is 4.22. The van der Waals surface area contributed by atoms with Gasteiger partial charge in [0.15, 0.2) is 0 Å². The highest BCUT2D eigenvalue weighted by Gasteiger charge is 2.39. The first kappa shape index (κ1) is 30.1. The molecule has 0 spiro atoms. The van der Waals surface area contributed by atoms with Crippen LogP contribution in [0.25, 0.3) is 22.5 Å². The molecule has 220 valence electrons. The van der Waals surface area contributed by atoms with Gasteiger partial charge in [0.05, 0.1) is 22.3 Å². The summed E-state index contributed by atoms with van der Waals surface area (Å²) >= 11 is 0. The largest absolute Gasteiger partial charge is 0.416 e. The smallest absolute Gasteiger partial charge is 0.358 e. The van der Waals surface area contributed by atoms with Crippen LogP contribution in [0.15, 0.2) is 60.7 Å². The molecule has 2 aromatic heterocycles. The Morgan fingerprint density at radius 1 is 0.415 bits per heavy atom. The summed E-state index contributed by atoms with van der Waals surface area (Å²) in [6.07, 6.45) is -20.2. The third-order valence-electron chi connectivity index (χ3n) is 6.52. The predicted octanol–water partition coefficient (Wildman–Crippen LogP) is 10.1. The second-order valence-corrected chi connectivity index (χ2v) is 9.79. The standard InChI is InChI=1S/C27H18F12N2/c1-23(2,21-5-3-19(40-21)13-7-15(24(28,29)30)11-16(8-13)25(31,32)33)22-6-4-20(41-22)14-9-17(26(34,35)36)12-18(10-14)27(37,38)39/h3-12,40-41H,1-2H3. The Balaban J connectivity index is 1.73. The second kappa shape index (κ2) is 9.62. The van der Waals surface area contributed by atoms with E-state index in [9.17, 15) is 52.7 Å². The quantitative estimate of drug-likeness (QED) is 0.219. The van der Waals surface area contributed by atoms with Crippen LogP contribution in [-0.2, 0) is 30.1 Å². The summed E-state index contributed by atoms with van der Waals surface area (Å²) < 4.78 is 159. The predicted molar refractivity (Wildman–Crippen MR) is 125 cm³/mol. The molecular formula is C27H18F12N2. The summed E-state index contributed by atoms with van der Waals surface area (Å²) in [5, 5.41) is 0. The van der Waals surface area contributed by atoms with E-state index in [2.05, 4.69) is 9.97 Å². The summed E-state index contributed by atoms with van der Waals surface area (Å²) in [6, 6.07) is 7.52. The van der Waals surface area contributed by atoms with E-state index in [1.807, 2.05) is 0 Å². The average Bonchev–Trinajstić information content (AvgIpc) is 3.52. The van der Waals surface area contributed by atoms with Crippen molar-refractivity contribution >= 4 is 0 Å². The van der Waals surface area contributed by atoms with Crippen LogP contribution in [0.4, 0.5) is 52.7 Å². The van der Waals surface area contributed by atoms with Gasteiger partial charge in [0, 0.05) is 28.2 Å². The van der Waals surface area contributed by atoms with Gasteiger partial charge in [-0.1, -0.05) is 0 Å². The average molecular weight is 598 g/mol. The van der Waals surface area contributed by atoms with Crippen molar-refractivity contribution < 1.29 is 52.7 Å². The van der Waals surface area contributed by atoms with Gasteiger partial charge in [-0.2, -0.15) is 52.7 Å². The van der Waals surface area contributed by atoms with Gasteiger partial charge in [0.2, 0.25) is 0 Å². The maximum absolute atomic E-state index is 13.3.